The van der Waals surface area contributed by atoms with Crippen LogP contribution < -0.4 is 9.64 Å². The normalized spacial score (nSPS) is 10.4. The second kappa shape index (κ2) is 10.9. The summed E-state index contributed by atoms with van der Waals surface area (Å²) in [4.78, 5) is 2.47. The molecule has 0 aliphatic rings. The lowest BCUT2D eigenvalue weighted by molar-refractivity contribution is 0.305. The van der Waals surface area contributed by atoms with Crippen LogP contribution in [0, 0.1) is 0 Å². The number of unbranched alkanes of at least 4 members (excludes halogenated alkanes) is 3. The smallest absolute Gasteiger partial charge is 0.119 e. The standard InChI is InChI=1S/C20H27NOS/c1-2-3-14-21(19-13-17-23-18-19)15-9-4-5-10-16-22-20-11-7-6-8-12-20/h2,6-8,11-13,17-18H,1,3-5,9-10,14-16H2. The zero-order valence-corrected chi connectivity index (χ0v) is 14.6. The average molecular weight is 330 g/mol. The molecule has 0 aliphatic heterocycles. The van der Waals surface area contributed by atoms with Crippen LogP contribution in [0.4, 0.5) is 5.69 Å². The molecule has 0 amide bonds. The first-order valence-corrected chi connectivity index (χ1v) is 9.40. The summed E-state index contributed by atoms with van der Waals surface area (Å²) < 4.78 is 5.73. The van der Waals surface area contributed by atoms with E-state index in [2.05, 4.69) is 28.3 Å². The first kappa shape index (κ1) is 17.6. The molecule has 0 aliphatic carbocycles. The molecule has 0 unspecified atom stereocenters. The maximum Gasteiger partial charge on any atom is 0.119 e. The number of hydrogen-bond donors (Lipinski definition) is 0. The van der Waals surface area contributed by atoms with E-state index in [9.17, 15) is 0 Å². The first-order chi connectivity index (χ1) is 11.4. The summed E-state index contributed by atoms with van der Waals surface area (Å²) in [5, 5.41) is 4.38. The van der Waals surface area contributed by atoms with E-state index in [1.807, 2.05) is 36.4 Å². The highest BCUT2D eigenvalue weighted by atomic mass is 32.1. The van der Waals surface area contributed by atoms with Crippen molar-refractivity contribution in [2.75, 3.05) is 24.6 Å². The molecule has 0 saturated heterocycles. The third-order valence-corrected chi connectivity index (χ3v) is 4.48. The first-order valence-electron chi connectivity index (χ1n) is 8.46. The van der Waals surface area contributed by atoms with Crippen molar-refractivity contribution in [3.8, 4) is 5.75 Å². The zero-order valence-electron chi connectivity index (χ0n) is 13.8. The van der Waals surface area contributed by atoms with Gasteiger partial charge in [0, 0.05) is 24.2 Å². The van der Waals surface area contributed by atoms with Gasteiger partial charge < -0.3 is 9.64 Å². The molecule has 0 radical (unpaired) electrons. The van der Waals surface area contributed by atoms with Crippen molar-refractivity contribution in [3.63, 3.8) is 0 Å². The number of nitrogens with zero attached hydrogens (tertiary/aromatic N) is 1. The molecule has 0 fully saturated rings. The third-order valence-electron chi connectivity index (χ3n) is 3.81. The molecular weight excluding hydrogens is 302 g/mol. The molecule has 0 bridgehead atoms. The molecular formula is C20H27NOS. The van der Waals surface area contributed by atoms with Gasteiger partial charge in [-0.15, -0.1) is 6.58 Å². The highest BCUT2D eigenvalue weighted by molar-refractivity contribution is 7.08. The number of para-hydroxylation sites is 1. The minimum Gasteiger partial charge on any atom is -0.494 e. The highest BCUT2D eigenvalue weighted by Gasteiger charge is 2.05. The molecule has 0 saturated carbocycles. The van der Waals surface area contributed by atoms with Gasteiger partial charge in [-0.05, 0) is 42.8 Å². The number of thiophene rings is 1. The van der Waals surface area contributed by atoms with E-state index in [-0.39, 0.29) is 0 Å². The summed E-state index contributed by atoms with van der Waals surface area (Å²) in [6.07, 6.45) is 7.89. The Morgan fingerprint density at radius 3 is 2.57 bits per heavy atom. The lowest BCUT2D eigenvalue weighted by atomic mass is 10.2. The van der Waals surface area contributed by atoms with Crippen molar-refractivity contribution in [1.82, 2.24) is 0 Å². The summed E-state index contributed by atoms with van der Waals surface area (Å²) in [5.41, 5.74) is 1.35. The minimum atomic E-state index is 0.814. The summed E-state index contributed by atoms with van der Waals surface area (Å²) >= 11 is 1.77. The number of ether oxygens (including phenoxy) is 1. The molecule has 2 aromatic rings. The van der Waals surface area contributed by atoms with E-state index < -0.39 is 0 Å². The van der Waals surface area contributed by atoms with Crippen LogP contribution in [-0.4, -0.2) is 19.7 Å². The maximum atomic E-state index is 5.73. The lowest BCUT2D eigenvalue weighted by Crippen LogP contribution is -2.24. The average Bonchev–Trinajstić information content (AvgIpc) is 3.12. The summed E-state index contributed by atoms with van der Waals surface area (Å²) in [6.45, 7) is 6.84. The van der Waals surface area contributed by atoms with Crippen molar-refractivity contribution < 1.29 is 4.74 Å². The van der Waals surface area contributed by atoms with E-state index >= 15 is 0 Å². The fourth-order valence-corrected chi connectivity index (χ4v) is 3.18. The van der Waals surface area contributed by atoms with Crippen LogP contribution in [0.3, 0.4) is 0 Å². The van der Waals surface area contributed by atoms with Crippen LogP contribution in [0.5, 0.6) is 5.75 Å². The van der Waals surface area contributed by atoms with Gasteiger partial charge in [0.1, 0.15) is 5.75 Å². The Kier molecular flexibility index (Phi) is 8.35. The third kappa shape index (κ3) is 6.91. The number of rotatable bonds is 12. The van der Waals surface area contributed by atoms with Gasteiger partial charge in [-0.1, -0.05) is 37.1 Å². The highest BCUT2D eigenvalue weighted by Crippen LogP contribution is 2.19. The number of anilines is 1. The van der Waals surface area contributed by atoms with Crippen LogP contribution in [-0.2, 0) is 0 Å². The van der Waals surface area contributed by atoms with Gasteiger partial charge in [0.05, 0.1) is 6.61 Å². The van der Waals surface area contributed by atoms with E-state index in [1.165, 1.54) is 24.9 Å². The van der Waals surface area contributed by atoms with Crippen LogP contribution in [0.15, 0.2) is 59.8 Å². The van der Waals surface area contributed by atoms with E-state index in [0.717, 1.165) is 38.3 Å². The minimum absolute atomic E-state index is 0.814. The Hall–Kier alpha value is -1.74. The molecule has 2 nitrogen and oxygen atoms in total. The molecule has 1 aromatic heterocycles. The van der Waals surface area contributed by atoms with Crippen LogP contribution in [0.25, 0.3) is 0 Å². The van der Waals surface area contributed by atoms with Crippen molar-refractivity contribution >= 4 is 17.0 Å². The fourth-order valence-electron chi connectivity index (χ4n) is 2.52. The van der Waals surface area contributed by atoms with Gasteiger partial charge in [-0.2, -0.15) is 11.3 Å². The Morgan fingerprint density at radius 1 is 1.00 bits per heavy atom. The topological polar surface area (TPSA) is 12.5 Å². The predicted octanol–water partition coefficient (Wildman–Crippen LogP) is 5.77. The van der Waals surface area contributed by atoms with E-state index in [4.69, 9.17) is 4.74 Å². The Bertz CT molecular complexity index is 524. The number of hydrogen-bond acceptors (Lipinski definition) is 3. The molecule has 1 heterocycles. The van der Waals surface area contributed by atoms with Gasteiger partial charge >= 0.3 is 0 Å². The molecule has 3 heteroatoms. The van der Waals surface area contributed by atoms with E-state index in [1.54, 1.807) is 11.3 Å². The van der Waals surface area contributed by atoms with Crippen molar-refractivity contribution in [2.45, 2.75) is 32.1 Å². The van der Waals surface area contributed by atoms with Crippen molar-refractivity contribution in [1.29, 1.82) is 0 Å². The van der Waals surface area contributed by atoms with Gasteiger partial charge in [-0.25, -0.2) is 0 Å². The van der Waals surface area contributed by atoms with Crippen molar-refractivity contribution in [2.24, 2.45) is 0 Å². The SMILES string of the molecule is C=CCCN(CCCCCCOc1ccccc1)c1ccsc1. The second-order valence-corrected chi connectivity index (χ2v) is 6.40. The van der Waals surface area contributed by atoms with Crippen LogP contribution >= 0.6 is 11.3 Å². The lowest BCUT2D eigenvalue weighted by Gasteiger charge is -2.23. The Labute approximate surface area is 144 Å². The zero-order chi connectivity index (χ0) is 16.2. The molecule has 0 N–H and O–H groups in total. The van der Waals surface area contributed by atoms with Crippen molar-refractivity contribution in [3.05, 3.63) is 59.8 Å². The second-order valence-electron chi connectivity index (χ2n) is 5.62. The maximum absolute atomic E-state index is 5.73. The quantitative estimate of drug-likeness (QED) is 0.362. The monoisotopic (exact) mass is 329 g/mol. The molecule has 0 spiro atoms. The molecule has 0 atom stereocenters. The molecule has 1 aromatic carbocycles. The largest absolute Gasteiger partial charge is 0.494 e. The summed E-state index contributed by atoms with van der Waals surface area (Å²) in [5.74, 6) is 0.973. The summed E-state index contributed by atoms with van der Waals surface area (Å²) in [6, 6.07) is 12.3. The fraction of sp³-hybridized carbons (Fsp3) is 0.400. The molecule has 124 valence electrons. The van der Waals surface area contributed by atoms with Crippen LogP contribution in [0.1, 0.15) is 32.1 Å². The van der Waals surface area contributed by atoms with Gasteiger partial charge in [0.15, 0.2) is 0 Å². The Morgan fingerprint density at radius 2 is 1.83 bits per heavy atom. The summed E-state index contributed by atoms with van der Waals surface area (Å²) in [7, 11) is 0. The van der Waals surface area contributed by atoms with Crippen LogP contribution in [0.2, 0.25) is 0 Å². The van der Waals surface area contributed by atoms with Gasteiger partial charge in [0.2, 0.25) is 0 Å². The van der Waals surface area contributed by atoms with Gasteiger partial charge in [-0.3, -0.25) is 0 Å². The predicted molar refractivity (Wildman–Crippen MR) is 102 cm³/mol. The Balaban J connectivity index is 1.57. The molecule has 2 rings (SSSR count). The van der Waals surface area contributed by atoms with E-state index in [0.29, 0.717) is 0 Å². The number of benzene rings is 1. The molecule has 23 heavy (non-hydrogen) atoms. The van der Waals surface area contributed by atoms with Gasteiger partial charge in [0.25, 0.3) is 0 Å².